The van der Waals surface area contributed by atoms with Crippen LogP contribution in [0.15, 0.2) is 0 Å². The highest BCUT2D eigenvalue weighted by Gasteiger charge is 2.58. The Balaban J connectivity index is 2.05. The summed E-state index contributed by atoms with van der Waals surface area (Å²) >= 11 is 0. The molecule has 4 nitrogen and oxygen atoms in total. The Bertz CT molecular complexity index is 399. The molecule has 0 bridgehead atoms. The molecule has 4 heteroatoms. The average molecular weight is 281 g/mol. The van der Waals surface area contributed by atoms with E-state index in [-0.39, 0.29) is 11.8 Å². The van der Waals surface area contributed by atoms with E-state index in [9.17, 15) is 14.7 Å². The van der Waals surface area contributed by atoms with Crippen molar-refractivity contribution in [2.45, 2.75) is 71.8 Å². The molecule has 1 amide bonds. The Labute approximate surface area is 121 Å². The number of carboxylic acids is 1. The van der Waals surface area contributed by atoms with Gasteiger partial charge in [0.25, 0.3) is 0 Å². The summed E-state index contributed by atoms with van der Waals surface area (Å²) in [5.74, 6) is -0.909. The fraction of sp³-hybridized carbons (Fsp3) is 0.875. The van der Waals surface area contributed by atoms with Crippen molar-refractivity contribution in [2.24, 2.45) is 16.7 Å². The highest BCUT2D eigenvalue weighted by atomic mass is 16.4. The molecule has 2 atom stereocenters. The van der Waals surface area contributed by atoms with Gasteiger partial charge in [-0.1, -0.05) is 33.1 Å². The highest BCUT2D eigenvalue weighted by Crippen LogP contribution is 2.56. The van der Waals surface area contributed by atoms with Crippen LogP contribution >= 0.6 is 0 Å². The molecule has 0 spiro atoms. The van der Waals surface area contributed by atoms with E-state index in [1.54, 1.807) is 6.92 Å². The minimum absolute atomic E-state index is 0.0619. The van der Waals surface area contributed by atoms with Gasteiger partial charge in [0.05, 0.1) is 5.41 Å². The van der Waals surface area contributed by atoms with Crippen LogP contribution in [0.1, 0.15) is 65.7 Å². The van der Waals surface area contributed by atoms with Crippen molar-refractivity contribution in [3.8, 4) is 0 Å². The predicted molar refractivity (Wildman–Crippen MR) is 77.3 cm³/mol. The third-order valence-corrected chi connectivity index (χ3v) is 5.97. The summed E-state index contributed by atoms with van der Waals surface area (Å²) in [6.45, 7) is 5.64. The van der Waals surface area contributed by atoms with Gasteiger partial charge in [0, 0.05) is 12.0 Å². The minimum Gasteiger partial charge on any atom is -0.481 e. The molecule has 114 valence electrons. The number of hydrogen-bond donors (Lipinski definition) is 2. The number of aliphatic carboxylic acids is 1. The first-order valence-corrected chi connectivity index (χ1v) is 7.83. The van der Waals surface area contributed by atoms with E-state index in [0.29, 0.717) is 18.9 Å². The molecule has 0 aromatic carbocycles. The zero-order valence-electron chi connectivity index (χ0n) is 12.9. The number of amides is 1. The summed E-state index contributed by atoms with van der Waals surface area (Å²) in [6, 6.07) is 0.295. The van der Waals surface area contributed by atoms with Gasteiger partial charge in [-0.05, 0) is 38.0 Å². The van der Waals surface area contributed by atoms with Gasteiger partial charge in [0.2, 0.25) is 5.91 Å². The Morgan fingerprint density at radius 2 is 1.65 bits per heavy atom. The van der Waals surface area contributed by atoms with Gasteiger partial charge in [0.15, 0.2) is 0 Å². The van der Waals surface area contributed by atoms with E-state index in [2.05, 4.69) is 5.32 Å². The van der Waals surface area contributed by atoms with Crippen LogP contribution in [0.4, 0.5) is 0 Å². The Morgan fingerprint density at radius 3 is 2.15 bits per heavy atom. The van der Waals surface area contributed by atoms with Crippen molar-refractivity contribution in [3.63, 3.8) is 0 Å². The van der Waals surface area contributed by atoms with E-state index < -0.39 is 16.8 Å². The molecule has 20 heavy (non-hydrogen) atoms. The fourth-order valence-electron chi connectivity index (χ4n) is 3.89. The zero-order chi connectivity index (χ0) is 15.0. The topological polar surface area (TPSA) is 66.4 Å². The number of carbonyl (C=O) groups is 2. The van der Waals surface area contributed by atoms with Gasteiger partial charge in [-0.15, -0.1) is 0 Å². The van der Waals surface area contributed by atoms with Crippen LogP contribution in [0.3, 0.4) is 0 Å². The van der Waals surface area contributed by atoms with Crippen molar-refractivity contribution in [3.05, 3.63) is 0 Å². The first kappa shape index (κ1) is 15.3. The first-order chi connectivity index (χ1) is 9.29. The van der Waals surface area contributed by atoms with Crippen molar-refractivity contribution < 1.29 is 14.7 Å². The maximum absolute atomic E-state index is 12.5. The lowest BCUT2D eigenvalue weighted by atomic mass is 9.65. The Hall–Kier alpha value is -1.06. The summed E-state index contributed by atoms with van der Waals surface area (Å²) in [5, 5.41) is 12.7. The lowest BCUT2D eigenvalue weighted by molar-refractivity contribution is -0.155. The molecule has 2 saturated carbocycles. The second kappa shape index (κ2) is 5.38. The number of carboxylic acid groups (broad SMARTS) is 1. The normalized spacial score (nSPS) is 33.9. The van der Waals surface area contributed by atoms with E-state index >= 15 is 0 Å². The molecule has 0 aromatic heterocycles. The molecule has 2 aliphatic carbocycles. The van der Waals surface area contributed by atoms with Gasteiger partial charge in [-0.3, -0.25) is 9.59 Å². The van der Waals surface area contributed by atoms with Crippen LogP contribution in [0, 0.1) is 16.7 Å². The van der Waals surface area contributed by atoms with Crippen LogP contribution in [-0.2, 0) is 9.59 Å². The third-order valence-electron chi connectivity index (χ3n) is 5.97. The number of hydrogen-bond acceptors (Lipinski definition) is 2. The summed E-state index contributed by atoms with van der Waals surface area (Å²) in [4.78, 5) is 24.1. The van der Waals surface area contributed by atoms with Crippen molar-refractivity contribution in [1.29, 1.82) is 0 Å². The Morgan fingerprint density at radius 1 is 1.05 bits per heavy atom. The minimum atomic E-state index is -0.804. The predicted octanol–water partition coefficient (Wildman–Crippen LogP) is 2.96. The monoisotopic (exact) mass is 281 g/mol. The maximum Gasteiger partial charge on any atom is 0.309 e. The quantitative estimate of drug-likeness (QED) is 0.835. The summed E-state index contributed by atoms with van der Waals surface area (Å²) in [5.41, 5.74) is -1.31. The summed E-state index contributed by atoms with van der Waals surface area (Å²) in [6.07, 6.45) is 7.02. The van der Waals surface area contributed by atoms with Crippen LogP contribution in [0.25, 0.3) is 0 Å². The van der Waals surface area contributed by atoms with Gasteiger partial charge in [0.1, 0.15) is 0 Å². The third kappa shape index (κ3) is 2.45. The molecule has 2 N–H and O–H groups in total. The van der Waals surface area contributed by atoms with Crippen LogP contribution in [-0.4, -0.2) is 23.0 Å². The van der Waals surface area contributed by atoms with Crippen LogP contribution < -0.4 is 5.32 Å². The second-order valence-corrected chi connectivity index (χ2v) is 7.29. The molecule has 0 heterocycles. The summed E-state index contributed by atoms with van der Waals surface area (Å²) in [7, 11) is 0. The van der Waals surface area contributed by atoms with Crippen molar-refractivity contribution >= 4 is 11.9 Å². The number of rotatable bonds is 3. The number of carbonyl (C=O) groups excluding carboxylic acids is 1. The molecule has 0 unspecified atom stereocenters. The van der Waals surface area contributed by atoms with E-state index in [1.165, 1.54) is 19.3 Å². The largest absolute Gasteiger partial charge is 0.481 e. The van der Waals surface area contributed by atoms with Gasteiger partial charge in [-0.25, -0.2) is 0 Å². The molecule has 2 rings (SSSR count). The molecular weight excluding hydrogens is 254 g/mol. The molecule has 2 fully saturated rings. The maximum atomic E-state index is 12.5. The number of nitrogens with one attached hydrogen (secondary N) is 1. The standard InChI is InChI=1S/C16H27NO3/c1-15(2)12(9-10-16(15,3)14(19)20)13(18)17-11-7-5-4-6-8-11/h11-12H,4-10H2,1-3H3,(H,17,18)(H,19,20)/t12-,16-/m1/s1. The van der Waals surface area contributed by atoms with Crippen LogP contribution in [0.5, 0.6) is 0 Å². The lowest BCUT2D eigenvalue weighted by Gasteiger charge is -2.38. The SMILES string of the molecule is CC1(C)[C@@H](C(=O)NC2CCCCC2)CC[C@]1(C)C(=O)O. The smallest absolute Gasteiger partial charge is 0.309 e. The van der Waals surface area contributed by atoms with E-state index in [1.807, 2.05) is 13.8 Å². The fourth-order valence-corrected chi connectivity index (χ4v) is 3.89. The van der Waals surface area contributed by atoms with Gasteiger partial charge >= 0.3 is 5.97 Å². The highest BCUT2D eigenvalue weighted by molar-refractivity contribution is 5.84. The van der Waals surface area contributed by atoms with Gasteiger partial charge in [-0.2, -0.15) is 0 Å². The van der Waals surface area contributed by atoms with Crippen molar-refractivity contribution in [2.75, 3.05) is 0 Å². The molecule has 2 aliphatic rings. The first-order valence-electron chi connectivity index (χ1n) is 7.83. The molecular formula is C16H27NO3. The molecule has 0 aromatic rings. The second-order valence-electron chi connectivity index (χ2n) is 7.29. The van der Waals surface area contributed by atoms with Crippen molar-refractivity contribution in [1.82, 2.24) is 5.32 Å². The zero-order valence-corrected chi connectivity index (χ0v) is 12.9. The molecule has 0 aliphatic heterocycles. The lowest BCUT2D eigenvalue weighted by Crippen LogP contribution is -2.47. The summed E-state index contributed by atoms with van der Waals surface area (Å²) < 4.78 is 0. The molecule has 0 saturated heterocycles. The van der Waals surface area contributed by atoms with E-state index in [0.717, 1.165) is 12.8 Å². The average Bonchev–Trinajstić information content (AvgIpc) is 2.63. The van der Waals surface area contributed by atoms with Gasteiger partial charge < -0.3 is 10.4 Å². The Kier molecular flexibility index (Phi) is 4.12. The van der Waals surface area contributed by atoms with Crippen LogP contribution in [0.2, 0.25) is 0 Å². The molecule has 0 radical (unpaired) electrons. The van der Waals surface area contributed by atoms with E-state index in [4.69, 9.17) is 0 Å².